The Balaban J connectivity index is -0.00000150. The van der Waals surface area contributed by atoms with E-state index in [-0.39, 0.29) is 48.7 Å². The van der Waals surface area contributed by atoms with Gasteiger partial charge in [0.15, 0.2) is 0 Å². The number of carbonyl (C=O) groups excluding carboxylic acids is 1. The van der Waals surface area contributed by atoms with E-state index in [1.165, 1.54) is 70.6 Å². The van der Waals surface area contributed by atoms with Gasteiger partial charge in [-0.05, 0) is 64.6 Å². The molecule has 0 aliphatic rings. The lowest BCUT2D eigenvalue weighted by molar-refractivity contribution is -0.123. The van der Waals surface area contributed by atoms with Gasteiger partial charge in [0, 0.05) is 12.0 Å². The Labute approximate surface area is 230 Å². The van der Waals surface area contributed by atoms with Gasteiger partial charge in [-0.2, -0.15) is 0 Å². The van der Waals surface area contributed by atoms with Crippen LogP contribution in [0.2, 0.25) is 0 Å². The van der Waals surface area contributed by atoms with Crippen molar-refractivity contribution in [1.82, 2.24) is 5.32 Å². The number of carbonyl (C=O) groups is 1. The van der Waals surface area contributed by atoms with Crippen molar-refractivity contribution in [3.63, 3.8) is 0 Å². The lowest BCUT2D eigenvalue weighted by atomic mass is 9.83. The van der Waals surface area contributed by atoms with Gasteiger partial charge in [0.2, 0.25) is 5.91 Å². The highest BCUT2D eigenvalue weighted by Crippen LogP contribution is 2.25. The Kier molecular flexibility index (Phi) is 38.0. The molecule has 0 radical (unpaired) electrons. The Morgan fingerprint density at radius 1 is 0.559 bits per heavy atom. The zero-order valence-corrected chi connectivity index (χ0v) is 24.6. The van der Waals surface area contributed by atoms with E-state index in [9.17, 15) is 4.79 Å². The standard InChI is InChI=1S/C26H56N4O.3ClH/c1-2-3-4-5-6-7-8-9-10-11-12-13-14-18-25(31)30-26(19-15-22-27,20-16-23-28)21-17-24-29;;;/h2-24,27-29H2,1H3,(H,30,31);3*1H. The zero-order chi connectivity index (χ0) is 23.0. The fraction of sp³-hybridized carbons (Fsp3) is 0.962. The summed E-state index contributed by atoms with van der Waals surface area (Å²) >= 11 is 0. The van der Waals surface area contributed by atoms with Gasteiger partial charge in [0.05, 0.1) is 0 Å². The molecule has 0 aliphatic heterocycles. The van der Waals surface area contributed by atoms with E-state index in [1.807, 2.05) is 0 Å². The summed E-state index contributed by atoms with van der Waals surface area (Å²) < 4.78 is 0. The van der Waals surface area contributed by atoms with Crippen LogP contribution in [0.1, 0.15) is 135 Å². The Hall–Kier alpha value is 0.220. The molecule has 0 saturated heterocycles. The average molecular weight is 550 g/mol. The van der Waals surface area contributed by atoms with Crippen molar-refractivity contribution in [3.05, 3.63) is 0 Å². The van der Waals surface area contributed by atoms with Crippen molar-refractivity contribution in [2.45, 2.75) is 141 Å². The second kappa shape index (κ2) is 31.3. The normalized spacial score (nSPS) is 10.7. The molecule has 0 heterocycles. The van der Waals surface area contributed by atoms with Crippen LogP contribution in [0.15, 0.2) is 0 Å². The van der Waals surface area contributed by atoms with Crippen LogP contribution < -0.4 is 22.5 Å². The topological polar surface area (TPSA) is 107 Å². The summed E-state index contributed by atoms with van der Waals surface area (Å²) in [6, 6.07) is 0. The molecule has 0 unspecified atom stereocenters. The highest BCUT2D eigenvalue weighted by molar-refractivity contribution is 5.86. The first kappa shape index (κ1) is 41.4. The molecular weight excluding hydrogens is 491 g/mol. The van der Waals surface area contributed by atoms with Gasteiger partial charge in [-0.1, -0.05) is 84.0 Å². The molecule has 34 heavy (non-hydrogen) atoms. The predicted molar refractivity (Wildman–Crippen MR) is 158 cm³/mol. The van der Waals surface area contributed by atoms with E-state index in [4.69, 9.17) is 17.2 Å². The van der Waals surface area contributed by atoms with Crippen LogP contribution in [0, 0.1) is 0 Å². The van der Waals surface area contributed by atoms with E-state index >= 15 is 0 Å². The first-order valence-electron chi connectivity index (χ1n) is 13.6. The van der Waals surface area contributed by atoms with E-state index in [1.54, 1.807) is 0 Å². The van der Waals surface area contributed by atoms with Crippen LogP contribution in [0.4, 0.5) is 0 Å². The first-order chi connectivity index (χ1) is 15.1. The fourth-order valence-electron chi connectivity index (χ4n) is 4.55. The van der Waals surface area contributed by atoms with Crippen LogP contribution in [-0.2, 0) is 4.79 Å². The molecule has 0 saturated carbocycles. The molecule has 5 nitrogen and oxygen atoms in total. The van der Waals surface area contributed by atoms with Crippen molar-refractivity contribution in [2.24, 2.45) is 17.2 Å². The molecule has 1 amide bonds. The average Bonchev–Trinajstić information content (AvgIpc) is 2.77. The van der Waals surface area contributed by atoms with Crippen LogP contribution >= 0.6 is 37.2 Å². The summed E-state index contributed by atoms with van der Waals surface area (Å²) in [5.74, 6) is 0.189. The molecule has 0 spiro atoms. The molecular formula is C26H59Cl3N4O. The SMILES string of the molecule is CCCCCCCCCCCCCCCC(=O)NC(CCCN)(CCCN)CCCN.Cl.Cl.Cl. The monoisotopic (exact) mass is 548 g/mol. The van der Waals surface area contributed by atoms with Crippen molar-refractivity contribution in [3.8, 4) is 0 Å². The van der Waals surface area contributed by atoms with E-state index < -0.39 is 0 Å². The molecule has 0 aromatic heterocycles. The van der Waals surface area contributed by atoms with E-state index in [0.717, 1.165) is 51.4 Å². The Bertz CT molecular complexity index is 382. The molecule has 0 atom stereocenters. The highest BCUT2D eigenvalue weighted by atomic mass is 35.5. The third-order valence-corrected chi connectivity index (χ3v) is 6.49. The zero-order valence-electron chi connectivity index (χ0n) is 22.1. The summed E-state index contributed by atoms with van der Waals surface area (Å²) in [6.45, 7) is 4.24. The number of rotatable bonds is 24. The van der Waals surface area contributed by atoms with Gasteiger partial charge in [-0.25, -0.2) is 0 Å². The van der Waals surface area contributed by atoms with E-state index in [2.05, 4.69) is 12.2 Å². The molecule has 0 aromatic carbocycles. The summed E-state index contributed by atoms with van der Waals surface area (Å²) in [4.78, 5) is 12.6. The molecule has 0 fully saturated rings. The molecule has 8 heteroatoms. The number of hydrogen-bond donors (Lipinski definition) is 4. The van der Waals surface area contributed by atoms with Crippen molar-refractivity contribution < 1.29 is 4.79 Å². The summed E-state index contributed by atoms with van der Waals surface area (Å²) in [6.07, 6.45) is 23.4. The Morgan fingerprint density at radius 2 is 0.882 bits per heavy atom. The second-order valence-electron chi connectivity index (χ2n) is 9.50. The van der Waals surface area contributed by atoms with Gasteiger partial charge in [-0.15, -0.1) is 37.2 Å². The van der Waals surface area contributed by atoms with Gasteiger partial charge in [0.1, 0.15) is 0 Å². The van der Waals surface area contributed by atoms with Gasteiger partial charge in [-0.3, -0.25) is 4.79 Å². The van der Waals surface area contributed by atoms with Crippen molar-refractivity contribution in [2.75, 3.05) is 19.6 Å². The van der Waals surface area contributed by atoms with Crippen molar-refractivity contribution in [1.29, 1.82) is 0 Å². The van der Waals surface area contributed by atoms with Crippen LogP contribution in [0.3, 0.4) is 0 Å². The third-order valence-electron chi connectivity index (χ3n) is 6.49. The van der Waals surface area contributed by atoms with Crippen LogP contribution in [-0.4, -0.2) is 31.1 Å². The number of nitrogens with two attached hydrogens (primary N) is 3. The first-order valence-corrected chi connectivity index (χ1v) is 13.6. The number of unbranched alkanes of at least 4 members (excludes halogenated alkanes) is 12. The van der Waals surface area contributed by atoms with Gasteiger partial charge in [0.25, 0.3) is 0 Å². The lowest BCUT2D eigenvalue weighted by Crippen LogP contribution is -2.49. The highest BCUT2D eigenvalue weighted by Gasteiger charge is 2.29. The minimum atomic E-state index is -0.175. The summed E-state index contributed by atoms with van der Waals surface area (Å²) in [7, 11) is 0. The maximum atomic E-state index is 12.6. The Morgan fingerprint density at radius 3 is 1.21 bits per heavy atom. The summed E-state index contributed by atoms with van der Waals surface area (Å²) in [5.41, 5.74) is 17.1. The summed E-state index contributed by atoms with van der Waals surface area (Å²) in [5, 5.41) is 3.37. The second-order valence-corrected chi connectivity index (χ2v) is 9.50. The predicted octanol–water partition coefficient (Wildman–Crippen LogP) is 6.80. The number of halogens is 3. The largest absolute Gasteiger partial charge is 0.351 e. The quantitative estimate of drug-likeness (QED) is 0.0992. The molecule has 0 rings (SSSR count). The lowest BCUT2D eigenvalue weighted by Gasteiger charge is -2.35. The third kappa shape index (κ3) is 25.3. The molecule has 0 aromatic rings. The molecule has 210 valence electrons. The number of nitrogens with one attached hydrogen (secondary N) is 1. The van der Waals surface area contributed by atoms with E-state index in [0.29, 0.717) is 26.1 Å². The number of hydrogen-bond acceptors (Lipinski definition) is 4. The molecule has 7 N–H and O–H groups in total. The number of amides is 1. The maximum Gasteiger partial charge on any atom is 0.220 e. The van der Waals surface area contributed by atoms with Gasteiger partial charge >= 0.3 is 0 Å². The fourth-order valence-corrected chi connectivity index (χ4v) is 4.55. The minimum Gasteiger partial charge on any atom is -0.351 e. The molecule has 0 aliphatic carbocycles. The van der Waals surface area contributed by atoms with Crippen LogP contribution in [0.25, 0.3) is 0 Å². The van der Waals surface area contributed by atoms with Crippen LogP contribution in [0.5, 0.6) is 0 Å². The van der Waals surface area contributed by atoms with Crippen molar-refractivity contribution >= 4 is 43.1 Å². The molecule has 0 bridgehead atoms. The maximum absolute atomic E-state index is 12.6. The minimum absolute atomic E-state index is 0. The smallest absolute Gasteiger partial charge is 0.220 e. The van der Waals surface area contributed by atoms with Gasteiger partial charge < -0.3 is 22.5 Å².